The maximum atomic E-state index is 13.0. The van der Waals surface area contributed by atoms with E-state index in [-0.39, 0.29) is 5.82 Å². The number of nitrogens with one attached hydrogen (secondary N) is 1. The molecule has 0 amide bonds. The maximum absolute atomic E-state index is 13.0. The van der Waals surface area contributed by atoms with Crippen LogP contribution in [0.15, 0.2) is 28.8 Å². The minimum Gasteiger partial charge on any atom is -0.387 e. The molecule has 102 valence electrons. The van der Waals surface area contributed by atoms with Crippen molar-refractivity contribution in [3.63, 3.8) is 0 Å². The van der Waals surface area contributed by atoms with Crippen molar-refractivity contribution in [2.75, 3.05) is 13.1 Å². The third-order valence-electron chi connectivity index (χ3n) is 2.66. The molecule has 0 bridgehead atoms. The van der Waals surface area contributed by atoms with Gasteiger partial charge in [-0.15, -0.1) is 0 Å². The van der Waals surface area contributed by atoms with E-state index >= 15 is 0 Å². The van der Waals surface area contributed by atoms with E-state index in [0.717, 1.165) is 0 Å². The summed E-state index contributed by atoms with van der Waals surface area (Å²) in [6.07, 6.45) is -0.142. The molecule has 0 aliphatic heterocycles. The van der Waals surface area contributed by atoms with Gasteiger partial charge in [-0.05, 0) is 24.6 Å². The van der Waals surface area contributed by atoms with Gasteiger partial charge in [0.05, 0.1) is 6.10 Å². The summed E-state index contributed by atoms with van der Waals surface area (Å²) in [5, 5.41) is 16.6. The number of aryl methyl sites for hydroxylation is 1. The molecule has 0 saturated heterocycles. The lowest BCUT2D eigenvalue weighted by molar-refractivity contribution is 0.174. The normalized spacial score (nSPS) is 12.6. The zero-order chi connectivity index (χ0) is 13.7. The standard InChI is InChI=1S/C13H16FN3O2/c1-9-16-13(19-17-9)5-6-15-8-12(18)10-3-2-4-11(14)7-10/h2-4,7,12,15,18H,5-6,8H2,1H3. The Morgan fingerprint density at radius 1 is 1.47 bits per heavy atom. The van der Waals surface area contributed by atoms with Gasteiger partial charge in [-0.1, -0.05) is 17.3 Å². The fraction of sp³-hybridized carbons (Fsp3) is 0.385. The Balaban J connectivity index is 1.73. The lowest BCUT2D eigenvalue weighted by atomic mass is 10.1. The Morgan fingerprint density at radius 2 is 2.32 bits per heavy atom. The molecule has 0 spiro atoms. The van der Waals surface area contributed by atoms with Crippen LogP contribution in [0.5, 0.6) is 0 Å². The minimum atomic E-state index is -0.736. The van der Waals surface area contributed by atoms with Gasteiger partial charge in [0.15, 0.2) is 5.82 Å². The summed E-state index contributed by atoms with van der Waals surface area (Å²) in [6, 6.07) is 5.95. The lowest BCUT2D eigenvalue weighted by Crippen LogP contribution is -2.23. The number of aromatic nitrogens is 2. The first-order valence-electron chi connectivity index (χ1n) is 6.08. The molecule has 1 aromatic heterocycles. The molecule has 6 heteroatoms. The van der Waals surface area contributed by atoms with Crippen LogP contribution in [-0.2, 0) is 6.42 Å². The number of nitrogens with zero attached hydrogens (tertiary/aromatic N) is 2. The van der Waals surface area contributed by atoms with E-state index in [4.69, 9.17) is 4.52 Å². The summed E-state index contributed by atoms with van der Waals surface area (Å²) >= 11 is 0. The van der Waals surface area contributed by atoms with E-state index in [9.17, 15) is 9.50 Å². The molecule has 19 heavy (non-hydrogen) atoms. The van der Waals surface area contributed by atoms with Gasteiger partial charge in [0, 0.05) is 19.5 Å². The van der Waals surface area contributed by atoms with Gasteiger partial charge in [-0.2, -0.15) is 4.98 Å². The van der Waals surface area contributed by atoms with Crippen LogP contribution in [0.1, 0.15) is 23.4 Å². The molecule has 2 rings (SSSR count). The molecule has 0 aliphatic rings. The van der Waals surface area contributed by atoms with Gasteiger partial charge in [0.2, 0.25) is 5.89 Å². The highest BCUT2D eigenvalue weighted by atomic mass is 19.1. The van der Waals surface area contributed by atoms with Gasteiger partial charge in [-0.3, -0.25) is 0 Å². The second kappa shape index (κ2) is 6.40. The van der Waals surface area contributed by atoms with Crippen LogP contribution >= 0.6 is 0 Å². The first kappa shape index (κ1) is 13.6. The topological polar surface area (TPSA) is 71.2 Å². The highest BCUT2D eigenvalue weighted by molar-refractivity contribution is 5.18. The molecule has 1 unspecified atom stereocenters. The number of benzene rings is 1. The molecule has 1 atom stereocenters. The highest BCUT2D eigenvalue weighted by Gasteiger charge is 2.08. The van der Waals surface area contributed by atoms with Gasteiger partial charge in [0.25, 0.3) is 0 Å². The Bertz CT molecular complexity index is 530. The van der Waals surface area contributed by atoms with E-state index in [2.05, 4.69) is 15.5 Å². The summed E-state index contributed by atoms with van der Waals surface area (Å²) in [5.41, 5.74) is 0.557. The Labute approximate surface area is 110 Å². The molecule has 0 saturated carbocycles. The largest absolute Gasteiger partial charge is 0.387 e. The molecule has 0 fully saturated rings. The van der Waals surface area contributed by atoms with Crippen molar-refractivity contribution in [1.82, 2.24) is 15.5 Å². The minimum absolute atomic E-state index is 0.344. The summed E-state index contributed by atoms with van der Waals surface area (Å²) < 4.78 is 17.9. The van der Waals surface area contributed by atoms with Crippen molar-refractivity contribution in [3.05, 3.63) is 47.4 Å². The zero-order valence-electron chi connectivity index (χ0n) is 10.6. The fourth-order valence-corrected chi connectivity index (χ4v) is 1.71. The van der Waals surface area contributed by atoms with Crippen molar-refractivity contribution in [1.29, 1.82) is 0 Å². The third-order valence-corrected chi connectivity index (χ3v) is 2.66. The number of hydrogen-bond acceptors (Lipinski definition) is 5. The quantitative estimate of drug-likeness (QED) is 0.772. The second-order valence-corrected chi connectivity index (χ2v) is 4.26. The van der Waals surface area contributed by atoms with Crippen molar-refractivity contribution in [2.45, 2.75) is 19.4 Å². The third kappa shape index (κ3) is 4.11. The van der Waals surface area contributed by atoms with Crippen molar-refractivity contribution in [2.24, 2.45) is 0 Å². The maximum Gasteiger partial charge on any atom is 0.227 e. The summed E-state index contributed by atoms with van der Waals surface area (Å²) in [5.74, 6) is 0.818. The van der Waals surface area contributed by atoms with Crippen LogP contribution in [0.4, 0.5) is 4.39 Å². The molecule has 2 aromatic rings. The van der Waals surface area contributed by atoms with E-state index < -0.39 is 6.10 Å². The summed E-state index contributed by atoms with van der Waals surface area (Å²) in [4.78, 5) is 4.07. The molecule has 1 aromatic carbocycles. The smallest absolute Gasteiger partial charge is 0.227 e. The van der Waals surface area contributed by atoms with Crippen LogP contribution < -0.4 is 5.32 Å². The number of aliphatic hydroxyl groups excluding tert-OH is 1. The van der Waals surface area contributed by atoms with E-state index in [1.807, 2.05) is 0 Å². The Morgan fingerprint density at radius 3 is 3.00 bits per heavy atom. The predicted molar refractivity (Wildman–Crippen MR) is 67.0 cm³/mol. The SMILES string of the molecule is Cc1noc(CCNCC(O)c2cccc(F)c2)n1. The fourth-order valence-electron chi connectivity index (χ4n) is 1.71. The van der Waals surface area contributed by atoms with Crippen LogP contribution in [-0.4, -0.2) is 28.3 Å². The number of halogens is 1. The molecule has 1 heterocycles. The number of hydrogen-bond donors (Lipinski definition) is 2. The van der Waals surface area contributed by atoms with E-state index in [0.29, 0.717) is 36.8 Å². The van der Waals surface area contributed by atoms with Crippen molar-refractivity contribution < 1.29 is 14.0 Å². The number of rotatable bonds is 6. The molecular weight excluding hydrogens is 249 g/mol. The van der Waals surface area contributed by atoms with E-state index in [1.54, 1.807) is 19.1 Å². The molecule has 5 nitrogen and oxygen atoms in total. The van der Waals surface area contributed by atoms with Gasteiger partial charge < -0.3 is 14.9 Å². The van der Waals surface area contributed by atoms with Gasteiger partial charge >= 0.3 is 0 Å². The van der Waals surface area contributed by atoms with Gasteiger partial charge in [-0.25, -0.2) is 4.39 Å². The van der Waals surface area contributed by atoms with Crippen LogP contribution in [0.25, 0.3) is 0 Å². The van der Waals surface area contributed by atoms with Gasteiger partial charge in [0.1, 0.15) is 5.82 Å². The van der Waals surface area contributed by atoms with Crippen LogP contribution in [0.2, 0.25) is 0 Å². The molecule has 0 radical (unpaired) electrons. The molecule has 0 aliphatic carbocycles. The summed E-state index contributed by atoms with van der Waals surface area (Å²) in [6.45, 7) is 2.71. The van der Waals surface area contributed by atoms with Crippen molar-refractivity contribution in [3.8, 4) is 0 Å². The average molecular weight is 265 g/mol. The lowest BCUT2D eigenvalue weighted by Gasteiger charge is -2.11. The van der Waals surface area contributed by atoms with Crippen LogP contribution in [0, 0.1) is 12.7 Å². The van der Waals surface area contributed by atoms with Crippen molar-refractivity contribution >= 4 is 0 Å². The predicted octanol–water partition coefficient (Wildman–Crippen LogP) is 1.38. The van der Waals surface area contributed by atoms with E-state index in [1.165, 1.54) is 12.1 Å². The highest BCUT2D eigenvalue weighted by Crippen LogP contribution is 2.12. The monoisotopic (exact) mass is 265 g/mol. The Hall–Kier alpha value is -1.79. The molecule has 2 N–H and O–H groups in total. The average Bonchev–Trinajstić information content (AvgIpc) is 2.80. The molecular formula is C13H16FN3O2. The first-order valence-corrected chi connectivity index (χ1v) is 6.08. The first-order chi connectivity index (χ1) is 9.15. The summed E-state index contributed by atoms with van der Waals surface area (Å²) in [7, 11) is 0. The van der Waals surface area contributed by atoms with Crippen LogP contribution in [0.3, 0.4) is 0 Å². The Kier molecular flexibility index (Phi) is 4.59. The zero-order valence-corrected chi connectivity index (χ0v) is 10.6. The number of aliphatic hydroxyl groups is 1. The second-order valence-electron chi connectivity index (χ2n) is 4.26.